The van der Waals surface area contributed by atoms with E-state index in [0.29, 0.717) is 6.61 Å². The highest BCUT2D eigenvalue weighted by Gasteiger charge is 2.44. The zero-order valence-electron chi connectivity index (χ0n) is 13.7. The van der Waals surface area contributed by atoms with Crippen LogP contribution in [0.2, 0.25) is 0 Å². The molecule has 1 aromatic heterocycles. The Morgan fingerprint density at radius 3 is 2.78 bits per heavy atom. The predicted octanol–water partition coefficient (Wildman–Crippen LogP) is 1.59. The van der Waals surface area contributed by atoms with Crippen molar-refractivity contribution in [1.29, 1.82) is 0 Å². The molecule has 0 radical (unpaired) electrons. The SMILES string of the molecule is CCS(=O)(=O)N[C@@H]1COCCC12CCN(Cc1ccoc1)CC2. The molecule has 2 saturated heterocycles. The molecule has 3 rings (SSSR count). The zero-order chi connectivity index (χ0) is 16.3. The quantitative estimate of drug-likeness (QED) is 0.880. The van der Waals surface area contributed by atoms with Gasteiger partial charge in [0, 0.05) is 18.7 Å². The molecule has 130 valence electrons. The molecule has 0 amide bonds. The van der Waals surface area contributed by atoms with Crippen LogP contribution in [0.3, 0.4) is 0 Å². The van der Waals surface area contributed by atoms with Crippen molar-refractivity contribution in [2.75, 3.05) is 32.1 Å². The van der Waals surface area contributed by atoms with E-state index in [4.69, 9.17) is 9.15 Å². The van der Waals surface area contributed by atoms with Crippen molar-refractivity contribution < 1.29 is 17.6 Å². The summed E-state index contributed by atoms with van der Waals surface area (Å²) in [5.41, 5.74) is 1.23. The minimum Gasteiger partial charge on any atom is -0.472 e. The Hall–Kier alpha value is -0.890. The van der Waals surface area contributed by atoms with Gasteiger partial charge in [-0.25, -0.2) is 13.1 Å². The number of ether oxygens (including phenoxy) is 1. The summed E-state index contributed by atoms with van der Waals surface area (Å²) in [4.78, 5) is 2.41. The van der Waals surface area contributed by atoms with Crippen LogP contribution in [0.5, 0.6) is 0 Å². The summed E-state index contributed by atoms with van der Waals surface area (Å²) in [7, 11) is -3.21. The number of furan rings is 1. The lowest BCUT2D eigenvalue weighted by Crippen LogP contribution is -2.57. The van der Waals surface area contributed by atoms with Gasteiger partial charge < -0.3 is 9.15 Å². The van der Waals surface area contributed by atoms with E-state index in [-0.39, 0.29) is 17.2 Å². The van der Waals surface area contributed by atoms with E-state index >= 15 is 0 Å². The molecular weight excluding hydrogens is 316 g/mol. The van der Waals surface area contributed by atoms with Gasteiger partial charge in [0.1, 0.15) is 0 Å². The normalized spacial score (nSPS) is 25.7. The van der Waals surface area contributed by atoms with Gasteiger partial charge in [-0.3, -0.25) is 4.90 Å². The van der Waals surface area contributed by atoms with Gasteiger partial charge in [0.05, 0.1) is 30.9 Å². The molecule has 2 fully saturated rings. The van der Waals surface area contributed by atoms with E-state index in [0.717, 1.165) is 45.5 Å². The van der Waals surface area contributed by atoms with Crippen LogP contribution in [0.15, 0.2) is 23.0 Å². The fourth-order valence-corrected chi connectivity index (χ4v) is 4.60. The molecule has 0 saturated carbocycles. The molecule has 7 heteroatoms. The van der Waals surface area contributed by atoms with Crippen LogP contribution in [0.1, 0.15) is 31.7 Å². The van der Waals surface area contributed by atoms with E-state index in [1.54, 1.807) is 19.5 Å². The largest absolute Gasteiger partial charge is 0.472 e. The summed E-state index contributed by atoms with van der Waals surface area (Å²) in [5, 5.41) is 0. The lowest BCUT2D eigenvalue weighted by atomic mass is 9.69. The molecule has 0 aliphatic carbocycles. The third kappa shape index (κ3) is 3.96. The summed E-state index contributed by atoms with van der Waals surface area (Å²) in [6.45, 7) is 5.75. The van der Waals surface area contributed by atoms with Crippen LogP contribution in [-0.4, -0.2) is 51.4 Å². The fraction of sp³-hybridized carbons (Fsp3) is 0.750. The second kappa shape index (κ2) is 6.93. The minimum atomic E-state index is -3.21. The fourth-order valence-electron chi connectivity index (χ4n) is 3.68. The van der Waals surface area contributed by atoms with Gasteiger partial charge in [-0.05, 0) is 50.8 Å². The van der Waals surface area contributed by atoms with Gasteiger partial charge >= 0.3 is 0 Å². The lowest BCUT2D eigenvalue weighted by molar-refractivity contribution is -0.0445. The predicted molar refractivity (Wildman–Crippen MR) is 87.5 cm³/mol. The Bertz CT molecular complexity index is 592. The van der Waals surface area contributed by atoms with Gasteiger partial charge in [0.25, 0.3) is 0 Å². The first kappa shape index (κ1) is 17.0. The molecule has 2 aliphatic rings. The second-order valence-electron chi connectivity index (χ2n) is 6.67. The third-order valence-electron chi connectivity index (χ3n) is 5.31. The van der Waals surface area contributed by atoms with Crippen molar-refractivity contribution in [1.82, 2.24) is 9.62 Å². The monoisotopic (exact) mass is 342 g/mol. The van der Waals surface area contributed by atoms with E-state index in [1.807, 2.05) is 6.07 Å². The molecule has 1 aromatic rings. The van der Waals surface area contributed by atoms with E-state index in [1.165, 1.54) is 5.56 Å². The average molecular weight is 342 g/mol. The molecule has 0 bridgehead atoms. The average Bonchev–Trinajstić information content (AvgIpc) is 3.05. The second-order valence-corrected chi connectivity index (χ2v) is 8.71. The number of nitrogens with one attached hydrogen (secondary N) is 1. The first-order valence-corrected chi connectivity index (χ1v) is 9.99. The first-order chi connectivity index (χ1) is 11.0. The summed E-state index contributed by atoms with van der Waals surface area (Å²) in [6, 6.07) is 1.90. The highest BCUT2D eigenvalue weighted by atomic mass is 32.2. The van der Waals surface area contributed by atoms with E-state index in [9.17, 15) is 8.42 Å². The summed E-state index contributed by atoms with van der Waals surface area (Å²) in [6.07, 6.45) is 6.44. The first-order valence-electron chi connectivity index (χ1n) is 8.34. The Morgan fingerprint density at radius 1 is 1.35 bits per heavy atom. The summed E-state index contributed by atoms with van der Waals surface area (Å²) < 4.78 is 37.5. The number of hydrogen-bond donors (Lipinski definition) is 1. The molecule has 1 atom stereocenters. The number of nitrogens with zero attached hydrogens (tertiary/aromatic N) is 1. The number of rotatable bonds is 5. The van der Waals surface area contributed by atoms with Crippen LogP contribution >= 0.6 is 0 Å². The molecule has 23 heavy (non-hydrogen) atoms. The maximum atomic E-state index is 12.0. The molecule has 0 aromatic carbocycles. The Kier molecular flexibility index (Phi) is 5.10. The van der Waals surface area contributed by atoms with Crippen LogP contribution in [0.25, 0.3) is 0 Å². The zero-order valence-corrected chi connectivity index (χ0v) is 14.5. The third-order valence-corrected chi connectivity index (χ3v) is 6.71. The molecule has 1 spiro atoms. The Balaban J connectivity index is 1.63. The van der Waals surface area contributed by atoms with Crippen LogP contribution < -0.4 is 4.72 Å². The number of hydrogen-bond acceptors (Lipinski definition) is 5. The number of piperidine rings is 1. The highest BCUT2D eigenvalue weighted by Crippen LogP contribution is 2.41. The molecular formula is C16H26N2O4S. The smallest absolute Gasteiger partial charge is 0.211 e. The highest BCUT2D eigenvalue weighted by molar-refractivity contribution is 7.89. The molecule has 3 heterocycles. The van der Waals surface area contributed by atoms with Crippen molar-refractivity contribution in [2.24, 2.45) is 5.41 Å². The summed E-state index contributed by atoms with van der Waals surface area (Å²) >= 11 is 0. The molecule has 0 unspecified atom stereocenters. The van der Waals surface area contributed by atoms with Gasteiger partial charge in [-0.1, -0.05) is 0 Å². The summed E-state index contributed by atoms with van der Waals surface area (Å²) in [5.74, 6) is 0.117. The van der Waals surface area contributed by atoms with Crippen LogP contribution in [0.4, 0.5) is 0 Å². The van der Waals surface area contributed by atoms with Crippen molar-refractivity contribution in [2.45, 2.75) is 38.8 Å². The lowest BCUT2D eigenvalue weighted by Gasteiger charge is -2.49. The van der Waals surface area contributed by atoms with Crippen LogP contribution in [-0.2, 0) is 21.3 Å². The van der Waals surface area contributed by atoms with E-state index < -0.39 is 10.0 Å². The number of likely N-dealkylation sites (tertiary alicyclic amines) is 1. The Morgan fingerprint density at radius 2 is 2.13 bits per heavy atom. The molecule has 1 N–H and O–H groups in total. The van der Waals surface area contributed by atoms with Gasteiger partial charge in [0.2, 0.25) is 10.0 Å². The van der Waals surface area contributed by atoms with E-state index in [2.05, 4.69) is 9.62 Å². The van der Waals surface area contributed by atoms with Crippen molar-refractivity contribution in [3.05, 3.63) is 24.2 Å². The topological polar surface area (TPSA) is 71.8 Å². The number of sulfonamides is 1. The van der Waals surface area contributed by atoms with Crippen molar-refractivity contribution in [3.63, 3.8) is 0 Å². The maximum absolute atomic E-state index is 12.0. The van der Waals surface area contributed by atoms with Gasteiger partial charge in [-0.2, -0.15) is 0 Å². The molecule has 2 aliphatic heterocycles. The van der Waals surface area contributed by atoms with Crippen molar-refractivity contribution >= 4 is 10.0 Å². The minimum absolute atomic E-state index is 0.0351. The standard InChI is InChI=1S/C16H26N2O4S/c1-2-23(19,20)17-15-13-22-10-6-16(15)4-7-18(8-5-16)11-14-3-9-21-12-14/h3,9,12,15,17H,2,4-8,10-11,13H2,1H3/t15-/m1/s1. The van der Waals surface area contributed by atoms with Gasteiger partial charge in [-0.15, -0.1) is 0 Å². The van der Waals surface area contributed by atoms with Crippen molar-refractivity contribution in [3.8, 4) is 0 Å². The molecule has 6 nitrogen and oxygen atoms in total. The maximum Gasteiger partial charge on any atom is 0.211 e. The van der Waals surface area contributed by atoms with Gasteiger partial charge in [0.15, 0.2) is 0 Å². The Labute approximate surface area is 138 Å². The van der Waals surface area contributed by atoms with Crippen LogP contribution in [0, 0.1) is 5.41 Å².